The molecule has 0 amide bonds. The van der Waals surface area contributed by atoms with Crippen LogP contribution in [0.3, 0.4) is 0 Å². The van der Waals surface area contributed by atoms with Crippen molar-refractivity contribution < 1.29 is 5.11 Å². The average Bonchev–Trinajstić information content (AvgIpc) is 2.37. The average molecular weight is 264 g/mol. The van der Waals surface area contributed by atoms with E-state index < -0.39 is 0 Å². The maximum atomic E-state index is 10.3. The minimum atomic E-state index is -0.370. The monoisotopic (exact) mass is 264 g/mol. The summed E-state index contributed by atoms with van der Waals surface area (Å²) in [7, 11) is 4.26. The number of pyridine rings is 1. The lowest BCUT2D eigenvalue weighted by atomic mass is 10.00. The molecule has 1 saturated heterocycles. The van der Waals surface area contributed by atoms with Crippen LogP contribution in [0.15, 0.2) is 18.5 Å². The summed E-state index contributed by atoms with van der Waals surface area (Å²) in [5, 5.41) is 10.3. The van der Waals surface area contributed by atoms with Crippen molar-refractivity contribution in [3.63, 3.8) is 0 Å². The Morgan fingerprint density at radius 3 is 3.00 bits per heavy atom. The van der Waals surface area contributed by atoms with Crippen molar-refractivity contribution in [2.75, 3.05) is 39.5 Å². The number of nitrogens with two attached hydrogens (primary N) is 1. The topological polar surface area (TPSA) is 65.6 Å². The Morgan fingerprint density at radius 2 is 2.26 bits per heavy atom. The highest BCUT2D eigenvalue weighted by Crippen LogP contribution is 2.17. The first-order valence-corrected chi connectivity index (χ1v) is 6.81. The van der Waals surface area contributed by atoms with Crippen molar-refractivity contribution in [2.45, 2.75) is 25.0 Å². The van der Waals surface area contributed by atoms with Crippen LogP contribution < -0.4 is 5.73 Å². The molecule has 0 aromatic carbocycles. The summed E-state index contributed by atoms with van der Waals surface area (Å²) in [6.07, 6.45) is 4.40. The van der Waals surface area contributed by atoms with E-state index in [1.165, 1.54) is 0 Å². The first-order valence-electron chi connectivity index (χ1n) is 6.81. The summed E-state index contributed by atoms with van der Waals surface area (Å²) >= 11 is 0. The Kier molecular flexibility index (Phi) is 4.74. The standard InChI is InChI=1S/C14H24N4O/c1-17-5-6-18(2)12(10-17)8-13(19)7-11-9-16-4-3-14(11)15/h3-4,9,12-13,19H,5-8,10H2,1-2H3,(H2,15,16). The Morgan fingerprint density at radius 1 is 1.47 bits per heavy atom. The molecule has 2 unspecified atom stereocenters. The fourth-order valence-electron chi connectivity index (χ4n) is 2.62. The number of aliphatic hydroxyl groups is 1. The van der Waals surface area contributed by atoms with E-state index >= 15 is 0 Å². The van der Waals surface area contributed by atoms with Crippen LogP contribution in [0.1, 0.15) is 12.0 Å². The van der Waals surface area contributed by atoms with Gasteiger partial charge < -0.3 is 20.6 Å². The molecule has 106 valence electrons. The number of nitrogen functional groups attached to an aromatic ring is 1. The summed E-state index contributed by atoms with van der Waals surface area (Å²) in [5.74, 6) is 0. The van der Waals surface area contributed by atoms with Gasteiger partial charge in [-0.25, -0.2) is 0 Å². The van der Waals surface area contributed by atoms with E-state index in [4.69, 9.17) is 5.73 Å². The van der Waals surface area contributed by atoms with Gasteiger partial charge >= 0.3 is 0 Å². The molecule has 2 heterocycles. The fraction of sp³-hybridized carbons (Fsp3) is 0.643. The Balaban J connectivity index is 1.90. The highest BCUT2D eigenvalue weighted by Gasteiger charge is 2.24. The van der Waals surface area contributed by atoms with Crippen LogP contribution in [0.2, 0.25) is 0 Å². The molecular formula is C14H24N4O. The van der Waals surface area contributed by atoms with Crippen LogP contribution in [0, 0.1) is 0 Å². The van der Waals surface area contributed by atoms with Crippen LogP contribution in [-0.4, -0.2) is 65.8 Å². The van der Waals surface area contributed by atoms with Crippen LogP contribution in [0.5, 0.6) is 0 Å². The Labute approximate surface area is 115 Å². The third-order valence-corrected chi connectivity index (χ3v) is 3.92. The molecule has 0 aliphatic carbocycles. The van der Waals surface area contributed by atoms with Gasteiger partial charge in [0.05, 0.1) is 6.10 Å². The van der Waals surface area contributed by atoms with E-state index in [0.717, 1.165) is 31.6 Å². The van der Waals surface area contributed by atoms with Gasteiger partial charge in [-0.05, 0) is 32.1 Å². The summed E-state index contributed by atoms with van der Waals surface area (Å²) in [6.45, 7) is 3.16. The lowest BCUT2D eigenvalue weighted by Crippen LogP contribution is -2.51. The van der Waals surface area contributed by atoms with Crippen LogP contribution in [-0.2, 0) is 6.42 Å². The second-order valence-electron chi connectivity index (χ2n) is 5.56. The molecule has 5 heteroatoms. The van der Waals surface area contributed by atoms with Crippen LogP contribution >= 0.6 is 0 Å². The first kappa shape index (κ1) is 14.2. The lowest BCUT2D eigenvalue weighted by Gasteiger charge is -2.38. The molecule has 0 bridgehead atoms. The highest BCUT2D eigenvalue weighted by molar-refractivity contribution is 5.44. The van der Waals surface area contributed by atoms with Crippen molar-refractivity contribution in [1.29, 1.82) is 0 Å². The number of piperazine rings is 1. The third kappa shape index (κ3) is 3.89. The van der Waals surface area contributed by atoms with Crippen molar-refractivity contribution in [3.05, 3.63) is 24.0 Å². The molecular weight excluding hydrogens is 240 g/mol. The zero-order chi connectivity index (χ0) is 13.8. The smallest absolute Gasteiger partial charge is 0.0597 e. The largest absolute Gasteiger partial charge is 0.398 e. The Hall–Kier alpha value is -1.17. The molecule has 1 aliphatic rings. The SMILES string of the molecule is CN1CCN(C)C(CC(O)Cc2cnccc2N)C1. The third-order valence-electron chi connectivity index (χ3n) is 3.92. The van der Waals surface area contributed by atoms with E-state index in [-0.39, 0.29) is 6.10 Å². The normalized spacial score (nSPS) is 23.4. The molecule has 19 heavy (non-hydrogen) atoms. The molecule has 1 aliphatic heterocycles. The van der Waals surface area contributed by atoms with Crippen LogP contribution in [0.25, 0.3) is 0 Å². The van der Waals surface area contributed by atoms with Gasteiger partial charge in [-0.2, -0.15) is 0 Å². The molecule has 2 rings (SSSR count). The second kappa shape index (κ2) is 6.32. The maximum absolute atomic E-state index is 10.3. The van der Waals surface area contributed by atoms with Gasteiger partial charge in [0.25, 0.3) is 0 Å². The Bertz CT molecular complexity index is 412. The molecule has 0 saturated carbocycles. The zero-order valence-corrected chi connectivity index (χ0v) is 11.8. The van der Waals surface area contributed by atoms with Gasteiger partial charge in [0.15, 0.2) is 0 Å². The van der Waals surface area contributed by atoms with Crippen molar-refractivity contribution in [1.82, 2.24) is 14.8 Å². The summed E-state index contributed by atoms with van der Waals surface area (Å²) in [6, 6.07) is 2.19. The number of aromatic nitrogens is 1. The van der Waals surface area contributed by atoms with Gasteiger partial charge in [0.2, 0.25) is 0 Å². The van der Waals surface area contributed by atoms with Crippen molar-refractivity contribution in [2.24, 2.45) is 0 Å². The van der Waals surface area contributed by atoms with E-state index in [9.17, 15) is 5.11 Å². The highest BCUT2D eigenvalue weighted by atomic mass is 16.3. The fourth-order valence-corrected chi connectivity index (χ4v) is 2.62. The maximum Gasteiger partial charge on any atom is 0.0597 e. The molecule has 2 atom stereocenters. The van der Waals surface area contributed by atoms with Gasteiger partial charge in [0.1, 0.15) is 0 Å². The number of hydrogen-bond acceptors (Lipinski definition) is 5. The van der Waals surface area contributed by atoms with Crippen molar-refractivity contribution in [3.8, 4) is 0 Å². The van der Waals surface area contributed by atoms with Gasteiger partial charge in [-0.1, -0.05) is 0 Å². The number of rotatable bonds is 4. The van der Waals surface area contributed by atoms with E-state index in [0.29, 0.717) is 18.2 Å². The van der Waals surface area contributed by atoms with Crippen molar-refractivity contribution >= 4 is 5.69 Å². The zero-order valence-electron chi connectivity index (χ0n) is 11.8. The minimum Gasteiger partial charge on any atom is -0.398 e. The first-order chi connectivity index (χ1) is 9.06. The summed E-state index contributed by atoms with van der Waals surface area (Å²) in [5.41, 5.74) is 7.53. The predicted molar refractivity (Wildman–Crippen MR) is 76.9 cm³/mol. The van der Waals surface area contributed by atoms with Crippen LogP contribution in [0.4, 0.5) is 5.69 Å². The number of nitrogens with zero attached hydrogens (tertiary/aromatic N) is 3. The molecule has 1 aromatic rings. The second-order valence-corrected chi connectivity index (χ2v) is 5.56. The van der Waals surface area contributed by atoms with Gasteiger partial charge in [0, 0.05) is 50.2 Å². The summed E-state index contributed by atoms with van der Waals surface area (Å²) in [4.78, 5) is 8.71. The van der Waals surface area contributed by atoms with Gasteiger partial charge in [-0.15, -0.1) is 0 Å². The molecule has 0 spiro atoms. The molecule has 3 N–H and O–H groups in total. The van der Waals surface area contributed by atoms with E-state index in [1.54, 1.807) is 18.5 Å². The number of likely N-dealkylation sites (N-methyl/N-ethyl adjacent to an activating group) is 2. The molecule has 1 aromatic heterocycles. The molecule has 5 nitrogen and oxygen atoms in total. The predicted octanol–water partition coefficient (Wildman–Crippen LogP) is 0.203. The number of aliphatic hydroxyl groups excluding tert-OH is 1. The molecule has 0 radical (unpaired) electrons. The lowest BCUT2D eigenvalue weighted by molar-refractivity contribution is 0.0639. The molecule has 1 fully saturated rings. The summed E-state index contributed by atoms with van der Waals surface area (Å²) < 4.78 is 0. The number of hydrogen-bond donors (Lipinski definition) is 2. The minimum absolute atomic E-state index is 0.370. The van der Waals surface area contributed by atoms with Gasteiger partial charge in [-0.3, -0.25) is 4.98 Å². The number of anilines is 1. The quantitative estimate of drug-likeness (QED) is 0.813. The van der Waals surface area contributed by atoms with E-state index in [2.05, 4.69) is 28.9 Å². The van der Waals surface area contributed by atoms with E-state index in [1.807, 2.05) is 0 Å².